The number of carbonyl (C=O) groups is 2. The van der Waals surface area contributed by atoms with Gasteiger partial charge in [-0.05, 0) is 66.9 Å². The second-order valence-electron chi connectivity index (χ2n) is 9.42. The Bertz CT molecular complexity index is 1550. The number of rotatable bonds is 10. The minimum Gasteiger partial charge on any atom is -0.493 e. The van der Waals surface area contributed by atoms with Crippen LogP contribution in [0.2, 0.25) is 0 Å². The fraction of sp³-hybridized carbons (Fsp3) is 0.207. The minimum atomic E-state index is -1.21. The van der Waals surface area contributed by atoms with Crippen molar-refractivity contribution in [3.63, 3.8) is 0 Å². The highest BCUT2D eigenvalue weighted by atomic mass is 16.5. The lowest BCUT2D eigenvalue weighted by molar-refractivity contribution is -0.132. The molecule has 4 aromatic rings. The van der Waals surface area contributed by atoms with Gasteiger partial charge in [0.15, 0.2) is 11.5 Å². The third-order valence-electron chi connectivity index (χ3n) is 6.85. The standard InChI is InChI=1S/C29H30N6O5/c1-38-25-15-22-23(16-26(25)39-2)32-13-10-24(22)40-21-8-6-19(7-9-21)34-27(36)29(11-12-29)28(37)35(31)20-5-3-4-18(14-20)17-33-30/h3-10,13-16,33H,11-12,17,30-31H2,1-2H3,(H,34,36). The first-order valence-electron chi connectivity index (χ1n) is 12.6. The van der Waals surface area contributed by atoms with Gasteiger partial charge in [0, 0.05) is 29.9 Å². The number of nitrogens with one attached hydrogen (secondary N) is 2. The predicted octanol–water partition coefficient (Wildman–Crippen LogP) is 3.63. The quantitative estimate of drug-likeness (QED) is 0.102. The van der Waals surface area contributed by atoms with Gasteiger partial charge < -0.3 is 19.5 Å². The van der Waals surface area contributed by atoms with Gasteiger partial charge in [0.05, 0.1) is 25.4 Å². The number of aromatic nitrogens is 1. The zero-order valence-electron chi connectivity index (χ0n) is 22.1. The zero-order valence-corrected chi connectivity index (χ0v) is 22.1. The third-order valence-corrected chi connectivity index (χ3v) is 6.85. The smallest absolute Gasteiger partial charge is 0.256 e. The lowest BCUT2D eigenvalue weighted by Gasteiger charge is -2.23. The molecule has 0 spiro atoms. The Morgan fingerprint density at radius 2 is 1.70 bits per heavy atom. The molecule has 6 N–H and O–H groups in total. The average molecular weight is 543 g/mol. The van der Waals surface area contributed by atoms with Gasteiger partial charge in [-0.3, -0.25) is 25.8 Å². The molecule has 5 rings (SSSR count). The molecule has 11 nitrogen and oxygen atoms in total. The maximum absolute atomic E-state index is 13.2. The molecule has 1 heterocycles. The number of fused-ring (bicyclic) bond motifs is 1. The summed E-state index contributed by atoms with van der Waals surface area (Å²) in [5.41, 5.74) is 3.93. The summed E-state index contributed by atoms with van der Waals surface area (Å²) in [7, 11) is 3.13. The van der Waals surface area contributed by atoms with Gasteiger partial charge in [0.1, 0.15) is 16.9 Å². The number of hydrazine groups is 2. The number of benzene rings is 3. The van der Waals surface area contributed by atoms with Crippen molar-refractivity contribution in [3.8, 4) is 23.0 Å². The normalized spacial score (nSPS) is 13.4. The van der Waals surface area contributed by atoms with Gasteiger partial charge in [0.25, 0.3) is 5.91 Å². The van der Waals surface area contributed by atoms with E-state index in [1.807, 2.05) is 12.1 Å². The largest absolute Gasteiger partial charge is 0.493 e. The Labute approximate surface area is 231 Å². The van der Waals surface area contributed by atoms with Crippen LogP contribution in [0.1, 0.15) is 18.4 Å². The van der Waals surface area contributed by atoms with Gasteiger partial charge in [-0.2, -0.15) is 0 Å². The molecule has 1 saturated carbocycles. The first kappa shape index (κ1) is 26.9. The number of nitrogens with two attached hydrogens (primary N) is 2. The number of pyridine rings is 1. The van der Waals surface area contributed by atoms with Crippen LogP contribution in [0.4, 0.5) is 11.4 Å². The zero-order chi connectivity index (χ0) is 28.3. The highest BCUT2D eigenvalue weighted by Crippen LogP contribution is 2.48. The first-order valence-corrected chi connectivity index (χ1v) is 12.6. The van der Waals surface area contributed by atoms with E-state index in [4.69, 9.17) is 25.9 Å². The Kier molecular flexibility index (Phi) is 7.52. The van der Waals surface area contributed by atoms with Crippen LogP contribution in [-0.2, 0) is 16.1 Å². The van der Waals surface area contributed by atoms with Crippen LogP contribution in [-0.4, -0.2) is 31.0 Å². The molecular formula is C29H30N6O5. The molecule has 0 bridgehead atoms. The fourth-order valence-corrected chi connectivity index (χ4v) is 4.47. The molecule has 1 aliphatic rings. The maximum Gasteiger partial charge on any atom is 0.256 e. The van der Waals surface area contributed by atoms with Gasteiger partial charge in [0.2, 0.25) is 5.91 Å². The fourth-order valence-electron chi connectivity index (χ4n) is 4.47. The molecule has 0 aliphatic heterocycles. The van der Waals surface area contributed by atoms with Crippen molar-refractivity contribution in [2.45, 2.75) is 19.4 Å². The van der Waals surface area contributed by atoms with E-state index in [1.54, 1.807) is 75.0 Å². The van der Waals surface area contributed by atoms with E-state index in [-0.39, 0.29) is 0 Å². The number of nitrogens with zero attached hydrogens (tertiary/aromatic N) is 2. The Hall–Kier alpha value is -4.71. The summed E-state index contributed by atoms with van der Waals surface area (Å²) in [6, 6.07) is 19.3. The molecule has 2 amide bonds. The monoisotopic (exact) mass is 542 g/mol. The maximum atomic E-state index is 13.2. The van der Waals surface area contributed by atoms with Crippen molar-refractivity contribution in [1.82, 2.24) is 10.4 Å². The van der Waals surface area contributed by atoms with Crippen LogP contribution >= 0.6 is 0 Å². The number of amides is 2. The van der Waals surface area contributed by atoms with E-state index >= 15 is 0 Å². The van der Waals surface area contributed by atoms with E-state index in [0.717, 1.165) is 16.0 Å². The summed E-state index contributed by atoms with van der Waals surface area (Å²) < 4.78 is 16.9. The third kappa shape index (κ3) is 5.25. The summed E-state index contributed by atoms with van der Waals surface area (Å²) >= 11 is 0. The number of hydrogen-bond acceptors (Lipinski definition) is 9. The highest BCUT2D eigenvalue weighted by molar-refractivity contribution is 6.17. The number of ether oxygens (including phenoxy) is 3. The molecule has 11 heteroatoms. The molecule has 3 aromatic carbocycles. The molecule has 0 unspecified atom stereocenters. The molecule has 0 atom stereocenters. The Morgan fingerprint density at radius 1 is 0.975 bits per heavy atom. The Balaban J connectivity index is 1.28. The number of hydrogen-bond donors (Lipinski definition) is 4. The van der Waals surface area contributed by atoms with Crippen molar-refractivity contribution in [1.29, 1.82) is 0 Å². The van der Waals surface area contributed by atoms with Gasteiger partial charge >= 0.3 is 0 Å². The van der Waals surface area contributed by atoms with Crippen molar-refractivity contribution in [3.05, 3.63) is 78.5 Å². The summed E-state index contributed by atoms with van der Waals surface area (Å²) in [6.45, 7) is 0.418. The Morgan fingerprint density at radius 3 is 2.38 bits per heavy atom. The lowest BCUT2D eigenvalue weighted by Crippen LogP contribution is -2.47. The van der Waals surface area contributed by atoms with Gasteiger partial charge in [-0.25, -0.2) is 10.9 Å². The second kappa shape index (κ2) is 11.2. The SMILES string of the molecule is COc1cc2nccc(Oc3ccc(NC(=O)C4(C(=O)N(N)c5cccc(CNN)c5)CC4)cc3)c2cc1OC. The summed E-state index contributed by atoms with van der Waals surface area (Å²) in [5.74, 6) is 12.9. The second-order valence-corrected chi connectivity index (χ2v) is 9.42. The molecular weight excluding hydrogens is 512 g/mol. The van der Waals surface area contributed by atoms with E-state index < -0.39 is 17.2 Å². The number of methoxy groups -OCH3 is 2. The minimum absolute atomic E-state index is 0.400. The van der Waals surface area contributed by atoms with Crippen LogP contribution in [0.5, 0.6) is 23.0 Å². The van der Waals surface area contributed by atoms with Crippen molar-refractivity contribution < 1.29 is 23.8 Å². The lowest BCUT2D eigenvalue weighted by atomic mass is 10.0. The van der Waals surface area contributed by atoms with E-state index in [1.165, 1.54) is 0 Å². The van der Waals surface area contributed by atoms with Crippen molar-refractivity contribution in [2.24, 2.45) is 17.1 Å². The molecule has 1 aromatic heterocycles. The first-order chi connectivity index (χ1) is 19.4. The molecule has 0 radical (unpaired) electrons. The molecule has 40 heavy (non-hydrogen) atoms. The van der Waals surface area contributed by atoms with Crippen molar-refractivity contribution >= 4 is 34.1 Å². The van der Waals surface area contributed by atoms with Crippen LogP contribution < -0.4 is 41.6 Å². The van der Waals surface area contributed by atoms with Crippen molar-refractivity contribution in [2.75, 3.05) is 24.5 Å². The molecule has 0 saturated heterocycles. The van der Waals surface area contributed by atoms with Crippen LogP contribution in [0, 0.1) is 5.41 Å². The predicted molar refractivity (Wildman–Crippen MR) is 151 cm³/mol. The molecule has 1 fully saturated rings. The van der Waals surface area contributed by atoms with Crippen LogP contribution in [0.3, 0.4) is 0 Å². The van der Waals surface area contributed by atoms with E-state index in [0.29, 0.717) is 59.3 Å². The van der Waals surface area contributed by atoms with Crippen LogP contribution in [0.15, 0.2) is 72.9 Å². The molecule has 1 aliphatic carbocycles. The van der Waals surface area contributed by atoms with E-state index in [9.17, 15) is 9.59 Å². The van der Waals surface area contributed by atoms with Crippen LogP contribution in [0.25, 0.3) is 10.9 Å². The van der Waals surface area contributed by atoms with Gasteiger partial charge in [-0.15, -0.1) is 0 Å². The summed E-state index contributed by atoms with van der Waals surface area (Å²) in [4.78, 5) is 30.8. The number of anilines is 2. The van der Waals surface area contributed by atoms with E-state index in [2.05, 4.69) is 15.7 Å². The topological polar surface area (TPSA) is 154 Å². The summed E-state index contributed by atoms with van der Waals surface area (Å²) in [5, 5.41) is 4.64. The highest BCUT2D eigenvalue weighted by Gasteiger charge is 2.58. The summed E-state index contributed by atoms with van der Waals surface area (Å²) in [6.07, 6.45) is 2.48. The van der Waals surface area contributed by atoms with Gasteiger partial charge in [-0.1, -0.05) is 12.1 Å². The number of carbonyl (C=O) groups excluding carboxylic acids is 2. The molecule has 206 valence electrons. The average Bonchev–Trinajstić information content (AvgIpc) is 3.79.